The summed E-state index contributed by atoms with van der Waals surface area (Å²) in [6.45, 7) is 8.02. The van der Waals surface area contributed by atoms with E-state index < -0.39 is 47.8 Å². The lowest BCUT2D eigenvalue weighted by atomic mass is 9.96. The van der Waals surface area contributed by atoms with Crippen LogP contribution in [0, 0.1) is 17.8 Å². The minimum absolute atomic E-state index is 0.103. The van der Waals surface area contributed by atoms with E-state index in [0.29, 0.717) is 38.6 Å². The normalized spacial score (nSPS) is 16.1. The van der Waals surface area contributed by atoms with Crippen LogP contribution in [0.3, 0.4) is 0 Å². The van der Waals surface area contributed by atoms with Crippen LogP contribution in [0.4, 0.5) is 0 Å². The Labute approximate surface area is 272 Å². The molecule has 3 rings (SSSR count). The molecule has 0 aliphatic heterocycles. The summed E-state index contributed by atoms with van der Waals surface area (Å²) in [4.78, 5) is 65.8. The molecule has 0 aromatic heterocycles. The van der Waals surface area contributed by atoms with Crippen molar-refractivity contribution < 1.29 is 24.0 Å². The summed E-state index contributed by atoms with van der Waals surface area (Å²) in [5.41, 5.74) is 12.1. The predicted molar refractivity (Wildman–Crippen MR) is 179 cm³/mol. The van der Waals surface area contributed by atoms with Gasteiger partial charge in [-0.15, -0.1) is 0 Å². The minimum atomic E-state index is -0.971. The summed E-state index contributed by atoms with van der Waals surface area (Å²) in [7, 11) is 0. The van der Waals surface area contributed by atoms with Crippen molar-refractivity contribution in [2.75, 3.05) is 6.54 Å². The molecule has 0 radical (unpaired) electrons. The summed E-state index contributed by atoms with van der Waals surface area (Å²) in [5.74, 6) is -2.61. The molecule has 0 unspecified atom stereocenters. The Morgan fingerprint density at radius 3 is 2.07 bits per heavy atom. The van der Waals surface area contributed by atoms with Crippen molar-refractivity contribution in [3.8, 4) is 0 Å². The number of benzene rings is 2. The monoisotopic (exact) mass is 636 g/mol. The van der Waals surface area contributed by atoms with Crippen molar-refractivity contribution >= 4 is 40.3 Å². The Morgan fingerprint density at radius 1 is 0.804 bits per heavy atom. The van der Waals surface area contributed by atoms with Crippen molar-refractivity contribution in [1.82, 2.24) is 21.3 Å². The first kappa shape index (κ1) is 36.5. The van der Waals surface area contributed by atoms with E-state index >= 15 is 0 Å². The number of nitrogens with two attached hydrogens (primary N) is 2. The van der Waals surface area contributed by atoms with Gasteiger partial charge in [0, 0.05) is 12.3 Å². The molecule has 2 aromatic carbocycles. The van der Waals surface area contributed by atoms with Crippen LogP contribution >= 0.6 is 0 Å². The van der Waals surface area contributed by atoms with Crippen LogP contribution in [-0.4, -0.2) is 60.2 Å². The van der Waals surface area contributed by atoms with Crippen molar-refractivity contribution in [2.45, 2.75) is 103 Å². The second-order valence-electron chi connectivity index (χ2n) is 13.0. The number of hydrogen-bond acceptors (Lipinski definition) is 6. The molecule has 46 heavy (non-hydrogen) atoms. The summed E-state index contributed by atoms with van der Waals surface area (Å²) in [6, 6.07) is 10.1. The number of hydrogen-bond donors (Lipinski definition) is 6. The highest BCUT2D eigenvalue weighted by Crippen LogP contribution is 2.29. The van der Waals surface area contributed by atoms with Crippen LogP contribution in [0.5, 0.6) is 0 Å². The van der Waals surface area contributed by atoms with Gasteiger partial charge in [-0.05, 0) is 73.2 Å². The summed E-state index contributed by atoms with van der Waals surface area (Å²) in [6.07, 6.45) is 4.27. The Balaban J connectivity index is 1.80. The van der Waals surface area contributed by atoms with Gasteiger partial charge in [-0.2, -0.15) is 0 Å². The van der Waals surface area contributed by atoms with Crippen molar-refractivity contribution in [2.24, 2.45) is 29.2 Å². The van der Waals surface area contributed by atoms with E-state index in [1.54, 1.807) is 0 Å². The number of carbonyl (C=O) groups excluding carboxylic acids is 5. The maximum Gasteiger partial charge on any atom is 0.243 e. The van der Waals surface area contributed by atoms with Gasteiger partial charge >= 0.3 is 0 Å². The van der Waals surface area contributed by atoms with E-state index in [2.05, 4.69) is 21.3 Å². The lowest BCUT2D eigenvalue weighted by Crippen LogP contribution is -2.59. The highest BCUT2D eigenvalue weighted by molar-refractivity contribution is 5.96. The van der Waals surface area contributed by atoms with E-state index in [1.165, 1.54) is 0 Å². The van der Waals surface area contributed by atoms with Gasteiger partial charge in [-0.3, -0.25) is 24.0 Å². The van der Waals surface area contributed by atoms with Crippen LogP contribution < -0.4 is 32.7 Å². The first-order chi connectivity index (χ1) is 21.9. The minimum Gasteiger partial charge on any atom is -0.368 e. The molecule has 1 aliphatic carbocycles. The molecule has 0 saturated heterocycles. The molecule has 0 spiro atoms. The largest absolute Gasteiger partial charge is 0.368 e. The molecule has 11 heteroatoms. The second kappa shape index (κ2) is 17.6. The standard InChI is InChI=1S/C35H52N6O5/c1-5-22(4)30(35(46)38-27(12-8-9-17-36)33(44)39-28(31(37)42)18-21(2)3)41-34(45)29(40-32(43)25-15-16-25)20-23-13-14-24-10-6-7-11-26(24)19-23/h6-7,10-11,13-14,19,21-22,25,27-30H,5,8-9,12,15-18,20,36H2,1-4H3,(H2,37,42)(H,38,46)(H,39,44)(H,40,43)(H,41,45)/t22-,27-,28-,29-,30-/m0/s1. The first-order valence-electron chi connectivity index (χ1n) is 16.6. The van der Waals surface area contributed by atoms with Gasteiger partial charge < -0.3 is 32.7 Å². The number of primary amides is 1. The number of amides is 5. The van der Waals surface area contributed by atoms with Crippen molar-refractivity contribution in [3.05, 3.63) is 48.0 Å². The zero-order valence-electron chi connectivity index (χ0n) is 27.6. The topological polar surface area (TPSA) is 186 Å². The molecule has 11 nitrogen and oxygen atoms in total. The molecule has 5 atom stereocenters. The highest BCUT2D eigenvalue weighted by Gasteiger charge is 2.36. The molecule has 8 N–H and O–H groups in total. The Morgan fingerprint density at radius 2 is 1.46 bits per heavy atom. The second-order valence-corrected chi connectivity index (χ2v) is 13.0. The van der Waals surface area contributed by atoms with E-state index in [0.717, 1.165) is 29.2 Å². The molecular weight excluding hydrogens is 584 g/mol. The Bertz CT molecular complexity index is 1360. The van der Waals surface area contributed by atoms with Gasteiger partial charge in [0.25, 0.3) is 0 Å². The van der Waals surface area contributed by atoms with E-state index in [1.807, 2.05) is 70.2 Å². The molecule has 1 saturated carbocycles. The van der Waals surface area contributed by atoms with E-state index in [-0.39, 0.29) is 30.1 Å². The molecule has 2 aromatic rings. The van der Waals surface area contributed by atoms with Gasteiger partial charge in [0.2, 0.25) is 29.5 Å². The number of unbranched alkanes of at least 4 members (excludes halogenated alkanes) is 1. The molecule has 5 amide bonds. The summed E-state index contributed by atoms with van der Waals surface area (Å²) in [5, 5.41) is 13.4. The van der Waals surface area contributed by atoms with E-state index in [4.69, 9.17) is 11.5 Å². The fraction of sp³-hybridized carbons (Fsp3) is 0.571. The van der Waals surface area contributed by atoms with Crippen LogP contribution in [0.15, 0.2) is 42.5 Å². The summed E-state index contributed by atoms with van der Waals surface area (Å²) < 4.78 is 0. The van der Waals surface area contributed by atoms with Crippen molar-refractivity contribution in [1.29, 1.82) is 0 Å². The average Bonchev–Trinajstić information content (AvgIpc) is 3.87. The van der Waals surface area contributed by atoms with Gasteiger partial charge in [-0.25, -0.2) is 0 Å². The highest BCUT2D eigenvalue weighted by atomic mass is 16.2. The molecule has 0 bridgehead atoms. The van der Waals surface area contributed by atoms with Crippen LogP contribution in [-0.2, 0) is 30.4 Å². The SMILES string of the molecule is CC[C@H](C)[C@H](NC(=O)[C@H](Cc1ccc2ccccc2c1)NC(=O)C1CC1)C(=O)N[C@@H](CCCCN)C(=O)N[C@@H](CC(C)C)C(N)=O. The average molecular weight is 637 g/mol. The fourth-order valence-corrected chi connectivity index (χ4v) is 5.41. The Kier molecular flexibility index (Phi) is 14.0. The predicted octanol–water partition coefficient (Wildman–Crippen LogP) is 2.44. The van der Waals surface area contributed by atoms with Gasteiger partial charge in [-0.1, -0.05) is 76.6 Å². The van der Waals surface area contributed by atoms with Crippen LogP contribution in [0.2, 0.25) is 0 Å². The molecule has 0 heterocycles. The summed E-state index contributed by atoms with van der Waals surface area (Å²) >= 11 is 0. The maximum absolute atomic E-state index is 13.8. The third kappa shape index (κ3) is 11.1. The number of rotatable bonds is 19. The molecular formula is C35H52N6O5. The lowest BCUT2D eigenvalue weighted by Gasteiger charge is -2.29. The van der Waals surface area contributed by atoms with Crippen molar-refractivity contribution in [3.63, 3.8) is 0 Å². The first-order valence-corrected chi connectivity index (χ1v) is 16.6. The third-order valence-corrected chi connectivity index (χ3v) is 8.57. The third-order valence-electron chi connectivity index (χ3n) is 8.57. The molecule has 252 valence electrons. The Hall–Kier alpha value is -3.99. The quantitative estimate of drug-likeness (QED) is 0.129. The van der Waals surface area contributed by atoms with Gasteiger partial charge in [0.05, 0.1) is 0 Å². The zero-order chi connectivity index (χ0) is 33.8. The van der Waals surface area contributed by atoms with Gasteiger partial charge in [0.15, 0.2) is 0 Å². The zero-order valence-corrected chi connectivity index (χ0v) is 27.6. The number of carbonyl (C=O) groups is 5. The number of fused-ring (bicyclic) bond motifs is 1. The number of nitrogens with one attached hydrogen (secondary N) is 4. The fourth-order valence-electron chi connectivity index (χ4n) is 5.41. The van der Waals surface area contributed by atoms with Crippen LogP contribution in [0.25, 0.3) is 10.8 Å². The smallest absolute Gasteiger partial charge is 0.243 e. The molecule has 1 fully saturated rings. The lowest BCUT2D eigenvalue weighted by molar-refractivity contribution is -0.135. The van der Waals surface area contributed by atoms with Gasteiger partial charge in [0.1, 0.15) is 24.2 Å². The van der Waals surface area contributed by atoms with E-state index in [9.17, 15) is 24.0 Å². The maximum atomic E-state index is 13.8. The van der Waals surface area contributed by atoms with Crippen LogP contribution in [0.1, 0.15) is 78.2 Å². The molecule has 1 aliphatic rings.